The third-order valence-corrected chi connectivity index (χ3v) is 3.83. The first-order valence-electron chi connectivity index (χ1n) is 6.39. The van der Waals surface area contributed by atoms with Gasteiger partial charge in [-0.2, -0.15) is 0 Å². The molecular weight excluding hydrogens is 212 g/mol. The summed E-state index contributed by atoms with van der Waals surface area (Å²) in [6, 6.07) is -0.0886. The van der Waals surface area contributed by atoms with E-state index in [1.165, 1.54) is 19.3 Å². The zero-order valence-corrected chi connectivity index (χ0v) is 10.8. The number of nitrogens with zero attached hydrogens (tertiary/aromatic N) is 3. The minimum Gasteiger partial charge on any atom is -0.321 e. The third-order valence-electron chi connectivity index (χ3n) is 3.83. The van der Waals surface area contributed by atoms with Gasteiger partial charge in [-0.15, -0.1) is 0 Å². The van der Waals surface area contributed by atoms with E-state index in [2.05, 4.69) is 28.7 Å². The van der Waals surface area contributed by atoms with E-state index in [0.29, 0.717) is 0 Å². The van der Waals surface area contributed by atoms with E-state index in [1.807, 2.05) is 0 Å². The van der Waals surface area contributed by atoms with Crippen molar-refractivity contribution < 1.29 is 0 Å². The Kier molecular flexibility index (Phi) is 3.74. The monoisotopic (exact) mass is 234 g/mol. The number of rotatable bonds is 3. The van der Waals surface area contributed by atoms with Crippen molar-refractivity contribution in [3.8, 4) is 0 Å². The van der Waals surface area contributed by atoms with Crippen molar-refractivity contribution in [2.45, 2.75) is 44.7 Å². The first kappa shape index (κ1) is 12.5. The van der Waals surface area contributed by atoms with E-state index in [4.69, 9.17) is 5.73 Å². The maximum Gasteiger partial charge on any atom is 0.0772 e. The molecule has 1 aliphatic heterocycles. The predicted octanol–water partition coefficient (Wildman–Crippen LogP) is 1.74. The zero-order valence-electron chi connectivity index (χ0n) is 10.8. The molecule has 1 aromatic rings. The van der Waals surface area contributed by atoms with Gasteiger partial charge in [-0.3, -0.25) is 14.9 Å². The molecule has 0 aliphatic carbocycles. The van der Waals surface area contributed by atoms with Gasteiger partial charge in [0.15, 0.2) is 0 Å². The molecule has 0 bridgehead atoms. The minimum absolute atomic E-state index is 0.0591. The lowest BCUT2D eigenvalue weighted by molar-refractivity contribution is 0.0717. The highest BCUT2D eigenvalue weighted by Crippen LogP contribution is 2.30. The van der Waals surface area contributed by atoms with Gasteiger partial charge >= 0.3 is 0 Å². The molecule has 94 valence electrons. The molecule has 0 amide bonds. The van der Waals surface area contributed by atoms with Crippen LogP contribution in [0.15, 0.2) is 18.6 Å². The normalized spacial score (nSPS) is 20.2. The van der Waals surface area contributed by atoms with Crippen LogP contribution in [0.5, 0.6) is 0 Å². The van der Waals surface area contributed by atoms with Gasteiger partial charge in [0.25, 0.3) is 0 Å². The Hall–Kier alpha value is -1.00. The van der Waals surface area contributed by atoms with Crippen molar-refractivity contribution in [3.63, 3.8) is 0 Å². The van der Waals surface area contributed by atoms with Crippen LogP contribution in [-0.2, 0) is 0 Å². The van der Waals surface area contributed by atoms with Gasteiger partial charge in [0.2, 0.25) is 0 Å². The molecule has 2 heterocycles. The van der Waals surface area contributed by atoms with E-state index in [-0.39, 0.29) is 11.6 Å². The Labute approximate surface area is 103 Å². The maximum absolute atomic E-state index is 6.36. The fourth-order valence-corrected chi connectivity index (χ4v) is 2.50. The molecule has 0 radical (unpaired) electrons. The second kappa shape index (κ2) is 5.10. The van der Waals surface area contributed by atoms with Crippen LogP contribution in [0.25, 0.3) is 0 Å². The van der Waals surface area contributed by atoms with E-state index >= 15 is 0 Å². The summed E-state index contributed by atoms with van der Waals surface area (Å²) >= 11 is 0. The van der Waals surface area contributed by atoms with Crippen molar-refractivity contribution >= 4 is 0 Å². The Morgan fingerprint density at radius 3 is 2.53 bits per heavy atom. The number of hydrogen-bond acceptors (Lipinski definition) is 4. The second-order valence-corrected chi connectivity index (χ2v) is 5.31. The molecule has 1 saturated heterocycles. The van der Waals surface area contributed by atoms with Crippen LogP contribution in [0.2, 0.25) is 0 Å². The van der Waals surface area contributed by atoms with Gasteiger partial charge in [0.05, 0.1) is 17.9 Å². The molecule has 4 heteroatoms. The lowest BCUT2D eigenvalue weighted by Gasteiger charge is -2.44. The van der Waals surface area contributed by atoms with Crippen molar-refractivity contribution in [1.29, 1.82) is 0 Å². The van der Waals surface area contributed by atoms with Crippen molar-refractivity contribution in [1.82, 2.24) is 14.9 Å². The average molecular weight is 234 g/mol. The molecule has 2 rings (SSSR count). The fourth-order valence-electron chi connectivity index (χ4n) is 2.50. The fraction of sp³-hybridized carbons (Fsp3) is 0.692. The lowest BCUT2D eigenvalue weighted by atomic mass is 9.89. The first-order chi connectivity index (χ1) is 8.12. The Bertz CT molecular complexity index is 344. The van der Waals surface area contributed by atoms with Crippen LogP contribution in [0.1, 0.15) is 44.8 Å². The molecule has 17 heavy (non-hydrogen) atoms. The van der Waals surface area contributed by atoms with Crippen molar-refractivity contribution in [2.75, 3.05) is 13.1 Å². The summed E-state index contributed by atoms with van der Waals surface area (Å²) in [5.74, 6) is 0. The van der Waals surface area contributed by atoms with Crippen LogP contribution in [-0.4, -0.2) is 33.5 Å². The Morgan fingerprint density at radius 1 is 1.24 bits per heavy atom. The standard InChI is InChI=1S/C13H22N4/c1-13(2,17-8-4-3-5-9-17)12(14)11-10-15-6-7-16-11/h6-7,10,12H,3-5,8-9,14H2,1-2H3. The SMILES string of the molecule is CC(C)(C(N)c1cnccn1)N1CCCCC1. The Morgan fingerprint density at radius 2 is 1.94 bits per heavy atom. The highest BCUT2D eigenvalue weighted by Gasteiger charge is 2.35. The second-order valence-electron chi connectivity index (χ2n) is 5.31. The van der Waals surface area contributed by atoms with E-state index in [0.717, 1.165) is 18.8 Å². The average Bonchev–Trinajstić information content (AvgIpc) is 2.40. The molecule has 1 atom stereocenters. The number of hydrogen-bond donors (Lipinski definition) is 1. The van der Waals surface area contributed by atoms with Crippen molar-refractivity contribution in [3.05, 3.63) is 24.3 Å². The molecule has 0 saturated carbocycles. The number of nitrogens with two attached hydrogens (primary N) is 1. The van der Waals surface area contributed by atoms with Crippen molar-refractivity contribution in [2.24, 2.45) is 5.73 Å². The quantitative estimate of drug-likeness (QED) is 0.865. The van der Waals surface area contributed by atoms with E-state index < -0.39 is 0 Å². The van der Waals surface area contributed by atoms with Gasteiger partial charge in [0.1, 0.15) is 0 Å². The molecular formula is C13H22N4. The van der Waals surface area contributed by atoms with Crippen LogP contribution < -0.4 is 5.73 Å². The molecule has 0 spiro atoms. The van der Waals surface area contributed by atoms with Crippen LogP contribution in [0.3, 0.4) is 0 Å². The van der Waals surface area contributed by atoms with Gasteiger partial charge in [-0.1, -0.05) is 6.42 Å². The molecule has 0 aromatic carbocycles. The first-order valence-corrected chi connectivity index (χ1v) is 6.39. The van der Waals surface area contributed by atoms with Crippen LogP contribution in [0, 0.1) is 0 Å². The highest BCUT2D eigenvalue weighted by atomic mass is 15.2. The van der Waals surface area contributed by atoms with Gasteiger partial charge in [-0.25, -0.2) is 0 Å². The van der Waals surface area contributed by atoms with Gasteiger partial charge in [0, 0.05) is 17.9 Å². The minimum atomic E-state index is -0.0886. The summed E-state index contributed by atoms with van der Waals surface area (Å²) in [4.78, 5) is 10.9. The number of piperidine rings is 1. The van der Waals surface area contributed by atoms with Crippen LogP contribution in [0.4, 0.5) is 0 Å². The number of aromatic nitrogens is 2. The summed E-state index contributed by atoms with van der Waals surface area (Å²) in [5.41, 5.74) is 7.18. The maximum atomic E-state index is 6.36. The summed E-state index contributed by atoms with van der Waals surface area (Å²) in [7, 11) is 0. The predicted molar refractivity (Wildman–Crippen MR) is 68.5 cm³/mol. The Balaban J connectivity index is 2.13. The molecule has 1 aromatic heterocycles. The summed E-state index contributed by atoms with van der Waals surface area (Å²) < 4.78 is 0. The zero-order chi connectivity index (χ0) is 12.3. The molecule has 1 aliphatic rings. The molecule has 1 unspecified atom stereocenters. The molecule has 2 N–H and O–H groups in total. The number of likely N-dealkylation sites (tertiary alicyclic amines) is 1. The summed E-state index contributed by atoms with van der Waals surface area (Å²) in [6.45, 7) is 6.69. The molecule has 4 nitrogen and oxygen atoms in total. The van der Waals surface area contributed by atoms with Gasteiger partial charge in [-0.05, 0) is 39.8 Å². The van der Waals surface area contributed by atoms with Crippen LogP contribution >= 0.6 is 0 Å². The topological polar surface area (TPSA) is 55.0 Å². The summed E-state index contributed by atoms with van der Waals surface area (Å²) in [6.07, 6.45) is 9.06. The summed E-state index contributed by atoms with van der Waals surface area (Å²) in [5, 5.41) is 0. The largest absolute Gasteiger partial charge is 0.321 e. The molecule has 1 fully saturated rings. The lowest BCUT2D eigenvalue weighted by Crippen LogP contribution is -2.53. The van der Waals surface area contributed by atoms with Gasteiger partial charge < -0.3 is 5.73 Å². The third kappa shape index (κ3) is 2.64. The highest BCUT2D eigenvalue weighted by molar-refractivity contribution is 5.09. The van der Waals surface area contributed by atoms with E-state index in [9.17, 15) is 0 Å². The smallest absolute Gasteiger partial charge is 0.0772 e. The van der Waals surface area contributed by atoms with E-state index in [1.54, 1.807) is 18.6 Å².